The van der Waals surface area contributed by atoms with Gasteiger partial charge in [0, 0.05) is 0 Å². The lowest BCUT2D eigenvalue weighted by molar-refractivity contribution is 0.403. The van der Waals surface area contributed by atoms with Gasteiger partial charge in [-0.15, -0.1) is 0 Å². The van der Waals surface area contributed by atoms with Gasteiger partial charge in [-0.1, -0.05) is 32.6 Å². The highest BCUT2D eigenvalue weighted by molar-refractivity contribution is 4.80. The van der Waals surface area contributed by atoms with Crippen molar-refractivity contribution >= 4 is 0 Å². The molecule has 0 atom stereocenters. The van der Waals surface area contributed by atoms with Crippen LogP contribution in [0, 0.1) is 12.3 Å². The van der Waals surface area contributed by atoms with Gasteiger partial charge in [0.2, 0.25) is 0 Å². The molecule has 1 nitrogen and oxygen atoms in total. The average molecular weight is 182 g/mol. The smallest absolute Gasteiger partial charge is 0.00462 e. The quantitative estimate of drug-likeness (QED) is 0.622. The molecule has 0 saturated carbocycles. The highest BCUT2D eigenvalue weighted by Gasteiger charge is 2.11. The third-order valence-corrected chi connectivity index (χ3v) is 2.94. The van der Waals surface area contributed by atoms with E-state index in [1.807, 2.05) is 0 Å². The molecule has 1 aliphatic rings. The molecule has 1 rings (SSSR count). The molecule has 0 aromatic heterocycles. The Morgan fingerprint density at radius 2 is 1.92 bits per heavy atom. The van der Waals surface area contributed by atoms with Crippen molar-refractivity contribution in [2.24, 2.45) is 5.92 Å². The van der Waals surface area contributed by atoms with Crippen LogP contribution >= 0.6 is 0 Å². The van der Waals surface area contributed by atoms with Crippen molar-refractivity contribution in [1.29, 1.82) is 0 Å². The lowest BCUT2D eigenvalue weighted by atomic mass is 9.92. The van der Waals surface area contributed by atoms with Gasteiger partial charge in [-0.2, -0.15) is 0 Å². The minimum Gasteiger partial charge on any atom is -0.317 e. The predicted molar refractivity (Wildman–Crippen MR) is 58.7 cm³/mol. The van der Waals surface area contributed by atoms with E-state index in [0.717, 1.165) is 5.92 Å². The Morgan fingerprint density at radius 3 is 2.62 bits per heavy atom. The molecule has 1 heteroatoms. The van der Waals surface area contributed by atoms with E-state index in [2.05, 4.69) is 18.7 Å². The average Bonchev–Trinajstić information content (AvgIpc) is 2.19. The minimum atomic E-state index is 0.919. The van der Waals surface area contributed by atoms with Gasteiger partial charge in [-0.25, -0.2) is 0 Å². The number of hydrogen-bond acceptors (Lipinski definition) is 1. The van der Waals surface area contributed by atoms with E-state index in [1.165, 1.54) is 58.0 Å². The summed E-state index contributed by atoms with van der Waals surface area (Å²) >= 11 is 0. The molecule has 1 aliphatic heterocycles. The number of nitrogens with one attached hydrogen (secondary N) is 1. The zero-order chi connectivity index (χ0) is 9.36. The van der Waals surface area contributed by atoms with Gasteiger partial charge < -0.3 is 5.32 Å². The molecule has 0 bridgehead atoms. The standard InChI is InChI=1S/C12H24N/c1-2-3-4-5-6-7-12-8-10-13-11-9-12/h7,12-13H,2-6,8-11H2,1H3. The summed E-state index contributed by atoms with van der Waals surface area (Å²) in [5.41, 5.74) is 0. The molecule has 1 radical (unpaired) electrons. The molecule has 0 aliphatic carbocycles. The van der Waals surface area contributed by atoms with Crippen molar-refractivity contribution in [3.05, 3.63) is 6.42 Å². The Bertz CT molecular complexity index is 106. The van der Waals surface area contributed by atoms with Gasteiger partial charge in [0.1, 0.15) is 0 Å². The van der Waals surface area contributed by atoms with Crippen LogP contribution in [0.1, 0.15) is 51.9 Å². The monoisotopic (exact) mass is 182 g/mol. The van der Waals surface area contributed by atoms with E-state index in [0.29, 0.717) is 0 Å². The third kappa shape index (κ3) is 5.30. The molecule has 1 N–H and O–H groups in total. The summed E-state index contributed by atoms with van der Waals surface area (Å²) in [4.78, 5) is 0. The second kappa shape index (κ2) is 7.37. The molecule has 1 saturated heterocycles. The summed E-state index contributed by atoms with van der Waals surface area (Å²) < 4.78 is 0. The molecular weight excluding hydrogens is 158 g/mol. The zero-order valence-electron chi connectivity index (χ0n) is 9.02. The molecule has 1 heterocycles. The van der Waals surface area contributed by atoms with Crippen LogP contribution in [0.3, 0.4) is 0 Å². The fraction of sp³-hybridized carbons (Fsp3) is 0.917. The van der Waals surface area contributed by atoms with Gasteiger partial charge in [0.05, 0.1) is 0 Å². The molecule has 1 fully saturated rings. The second-order valence-corrected chi connectivity index (χ2v) is 4.17. The van der Waals surface area contributed by atoms with Crippen LogP contribution in [0.4, 0.5) is 0 Å². The summed E-state index contributed by atoms with van der Waals surface area (Å²) in [7, 11) is 0. The number of rotatable bonds is 6. The number of piperidine rings is 1. The van der Waals surface area contributed by atoms with Crippen molar-refractivity contribution in [3.63, 3.8) is 0 Å². The van der Waals surface area contributed by atoms with Crippen LogP contribution in [0.5, 0.6) is 0 Å². The Labute approximate surface area is 83.3 Å². The van der Waals surface area contributed by atoms with Crippen LogP contribution < -0.4 is 5.32 Å². The van der Waals surface area contributed by atoms with Crippen molar-refractivity contribution in [2.75, 3.05) is 13.1 Å². The van der Waals surface area contributed by atoms with Crippen molar-refractivity contribution < 1.29 is 0 Å². The first-order valence-corrected chi connectivity index (χ1v) is 5.97. The largest absolute Gasteiger partial charge is 0.317 e. The molecule has 0 aromatic carbocycles. The molecule has 77 valence electrons. The van der Waals surface area contributed by atoms with E-state index in [1.54, 1.807) is 0 Å². The van der Waals surface area contributed by atoms with E-state index >= 15 is 0 Å². The van der Waals surface area contributed by atoms with E-state index < -0.39 is 0 Å². The van der Waals surface area contributed by atoms with Crippen molar-refractivity contribution in [3.8, 4) is 0 Å². The number of unbranched alkanes of at least 4 members (excludes halogenated alkanes) is 4. The summed E-state index contributed by atoms with van der Waals surface area (Å²) in [6.45, 7) is 4.74. The second-order valence-electron chi connectivity index (χ2n) is 4.17. The first-order chi connectivity index (χ1) is 6.43. The summed E-state index contributed by atoms with van der Waals surface area (Å²) in [5.74, 6) is 0.919. The van der Waals surface area contributed by atoms with Crippen molar-refractivity contribution in [1.82, 2.24) is 5.32 Å². The summed E-state index contributed by atoms with van der Waals surface area (Å²) in [5, 5.41) is 3.41. The molecule has 0 aromatic rings. The first-order valence-electron chi connectivity index (χ1n) is 5.97. The summed E-state index contributed by atoms with van der Waals surface area (Å²) in [6.07, 6.45) is 12.3. The van der Waals surface area contributed by atoms with E-state index in [-0.39, 0.29) is 0 Å². The van der Waals surface area contributed by atoms with E-state index in [4.69, 9.17) is 0 Å². The maximum Gasteiger partial charge on any atom is -0.00462 e. The van der Waals surface area contributed by atoms with Crippen molar-refractivity contribution in [2.45, 2.75) is 51.9 Å². The maximum absolute atomic E-state index is 3.41. The SMILES string of the molecule is CCCCCC[CH]C1CCNCC1. The van der Waals surface area contributed by atoms with Gasteiger partial charge in [-0.05, 0) is 44.7 Å². The fourth-order valence-electron chi connectivity index (χ4n) is 2.00. The first kappa shape index (κ1) is 11.0. The summed E-state index contributed by atoms with van der Waals surface area (Å²) in [6, 6.07) is 0. The van der Waals surface area contributed by atoms with Gasteiger partial charge >= 0.3 is 0 Å². The topological polar surface area (TPSA) is 12.0 Å². The zero-order valence-corrected chi connectivity index (χ0v) is 9.02. The van der Waals surface area contributed by atoms with Crippen LogP contribution in [0.25, 0.3) is 0 Å². The Balaban J connectivity index is 1.86. The highest BCUT2D eigenvalue weighted by Crippen LogP contribution is 2.18. The molecule has 0 spiro atoms. The minimum absolute atomic E-state index is 0.919. The van der Waals surface area contributed by atoms with Crippen LogP contribution in [-0.4, -0.2) is 13.1 Å². The third-order valence-electron chi connectivity index (χ3n) is 2.94. The molecule has 0 amide bonds. The molecule has 0 unspecified atom stereocenters. The fourth-order valence-corrected chi connectivity index (χ4v) is 2.00. The predicted octanol–water partition coefficient (Wildman–Crippen LogP) is 3.16. The van der Waals surface area contributed by atoms with Crippen LogP contribution in [0.15, 0.2) is 0 Å². The lowest BCUT2D eigenvalue weighted by Gasteiger charge is -2.21. The van der Waals surface area contributed by atoms with E-state index in [9.17, 15) is 0 Å². The van der Waals surface area contributed by atoms with Crippen LogP contribution in [0.2, 0.25) is 0 Å². The highest BCUT2D eigenvalue weighted by atomic mass is 14.9. The lowest BCUT2D eigenvalue weighted by Crippen LogP contribution is -2.27. The van der Waals surface area contributed by atoms with Gasteiger partial charge in [0.15, 0.2) is 0 Å². The Morgan fingerprint density at radius 1 is 1.15 bits per heavy atom. The van der Waals surface area contributed by atoms with Crippen LogP contribution in [-0.2, 0) is 0 Å². The van der Waals surface area contributed by atoms with Gasteiger partial charge in [0.25, 0.3) is 0 Å². The Kier molecular flexibility index (Phi) is 6.26. The maximum atomic E-state index is 3.41. The number of hydrogen-bond donors (Lipinski definition) is 1. The normalized spacial score (nSPS) is 19.2. The Hall–Kier alpha value is -0.0400. The molecule has 13 heavy (non-hydrogen) atoms. The van der Waals surface area contributed by atoms with Gasteiger partial charge in [-0.3, -0.25) is 0 Å². The molecular formula is C12H24N.